The van der Waals surface area contributed by atoms with Gasteiger partial charge in [0.25, 0.3) is 0 Å². The lowest BCUT2D eigenvalue weighted by atomic mass is 9.44. The van der Waals surface area contributed by atoms with Gasteiger partial charge in [0.05, 0.1) is 5.71 Å². The zero-order chi connectivity index (χ0) is 18.5. The third-order valence-electron chi connectivity index (χ3n) is 8.57. The zero-order valence-electron chi connectivity index (χ0n) is 16.4. The Hall–Kier alpha value is -1.16. The predicted octanol–water partition coefficient (Wildman–Crippen LogP) is 4.10. The Morgan fingerprint density at radius 3 is 2.77 bits per heavy atom. The molecule has 4 nitrogen and oxygen atoms in total. The van der Waals surface area contributed by atoms with Crippen LogP contribution < -0.4 is 5.73 Å². The van der Waals surface area contributed by atoms with E-state index >= 15 is 0 Å². The van der Waals surface area contributed by atoms with Gasteiger partial charge >= 0.3 is 0 Å². The summed E-state index contributed by atoms with van der Waals surface area (Å²) in [6, 6.07) is 0. The molecule has 6 atom stereocenters. The van der Waals surface area contributed by atoms with Crippen molar-refractivity contribution in [2.24, 2.45) is 45.4 Å². The van der Waals surface area contributed by atoms with Crippen molar-refractivity contribution >= 4 is 11.5 Å². The number of allylic oxidation sites excluding steroid dienone is 1. The van der Waals surface area contributed by atoms with E-state index in [-0.39, 0.29) is 5.41 Å². The van der Waals surface area contributed by atoms with Gasteiger partial charge in [0.2, 0.25) is 0 Å². The lowest BCUT2D eigenvalue weighted by Gasteiger charge is -2.60. The van der Waals surface area contributed by atoms with E-state index in [1.807, 2.05) is 0 Å². The van der Waals surface area contributed by atoms with E-state index in [1.165, 1.54) is 24.1 Å². The van der Waals surface area contributed by atoms with Crippen LogP contribution in [0.5, 0.6) is 0 Å². The largest absolute Gasteiger partial charge is 0.395 e. The SMILES string of the molecule is C=C1C[C@@H]2[C@H](CC[C@]3(C)C(=O)CC[C@@H]23)[C@@]2(C)CCC(=NOCCN)CC12. The summed E-state index contributed by atoms with van der Waals surface area (Å²) in [7, 11) is 0. The van der Waals surface area contributed by atoms with Gasteiger partial charge in [-0.1, -0.05) is 31.2 Å². The topological polar surface area (TPSA) is 64.7 Å². The van der Waals surface area contributed by atoms with Crippen LogP contribution in [0.15, 0.2) is 17.3 Å². The third kappa shape index (κ3) is 2.59. The summed E-state index contributed by atoms with van der Waals surface area (Å²) in [5.41, 5.74) is 8.32. The van der Waals surface area contributed by atoms with Crippen LogP contribution in [-0.2, 0) is 9.63 Å². The molecule has 0 heterocycles. The highest BCUT2D eigenvalue weighted by molar-refractivity contribution is 5.87. The van der Waals surface area contributed by atoms with Crippen LogP contribution in [0.25, 0.3) is 0 Å². The van der Waals surface area contributed by atoms with E-state index < -0.39 is 0 Å². The Labute approximate surface area is 157 Å². The molecule has 0 aliphatic heterocycles. The van der Waals surface area contributed by atoms with E-state index in [1.54, 1.807) is 0 Å². The van der Waals surface area contributed by atoms with E-state index in [4.69, 9.17) is 10.6 Å². The summed E-state index contributed by atoms with van der Waals surface area (Å²) in [6.07, 6.45) is 8.48. The van der Waals surface area contributed by atoms with Crippen molar-refractivity contribution in [3.63, 3.8) is 0 Å². The van der Waals surface area contributed by atoms with Crippen molar-refractivity contribution in [2.75, 3.05) is 13.2 Å². The van der Waals surface area contributed by atoms with Crippen LogP contribution in [-0.4, -0.2) is 24.6 Å². The second-order valence-corrected chi connectivity index (χ2v) is 9.70. The molecule has 2 N–H and O–H groups in total. The molecule has 0 saturated heterocycles. The molecule has 4 aliphatic rings. The minimum Gasteiger partial charge on any atom is -0.395 e. The van der Waals surface area contributed by atoms with Crippen LogP contribution in [0.4, 0.5) is 0 Å². The first kappa shape index (κ1) is 18.2. The maximum atomic E-state index is 12.6. The minimum atomic E-state index is -0.0536. The minimum absolute atomic E-state index is 0.0536. The highest BCUT2D eigenvalue weighted by atomic mass is 16.6. The van der Waals surface area contributed by atoms with Gasteiger partial charge in [0, 0.05) is 18.4 Å². The summed E-state index contributed by atoms with van der Waals surface area (Å²) in [5.74, 6) is 2.99. The number of ketones is 1. The number of Topliss-reactive ketones (excluding diaryl/α,β-unsaturated/α-hetero) is 1. The first-order chi connectivity index (χ1) is 12.4. The van der Waals surface area contributed by atoms with Gasteiger partial charge in [-0.2, -0.15) is 0 Å². The predicted molar refractivity (Wildman–Crippen MR) is 104 cm³/mol. The summed E-state index contributed by atoms with van der Waals surface area (Å²) in [5, 5.41) is 4.36. The number of nitrogens with two attached hydrogens (primary N) is 1. The molecule has 144 valence electrons. The number of oxime groups is 1. The molecular weight excluding hydrogens is 324 g/mol. The van der Waals surface area contributed by atoms with Crippen LogP contribution in [0.3, 0.4) is 0 Å². The van der Waals surface area contributed by atoms with Gasteiger partial charge in [-0.05, 0) is 74.0 Å². The van der Waals surface area contributed by atoms with Gasteiger partial charge in [-0.15, -0.1) is 0 Å². The van der Waals surface area contributed by atoms with Crippen LogP contribution in [0, 0.1) is 34.5 Å². The van der Waals surface area contributed by atoms with Crippen molar-refractivity contribution in [2.45, 2.75) is 65.2 Å². The quantitative estimate of drug-likeness (QED) is 0.469. The summed E-state index contributed by atoms with van der Waals surface area (Å²) in [6.45, 7) is 10.3. The van der Waals surface area contributed by atoms with Crippen molar-refractivity contribution in [1.29, 1.82) is 0 Å². The molecular formula is C22H34N2O2. The average molecular weight is 359 g/mol. The molecule has 1 unspecified atom stereocenters. The van der Waals surface area contributed by atoms with Crippen LogP contribution in [0.2, 0.25) is 0 Å². The monoisotopic (exact) mass is 358 g/mol. The van der Waals surface area contributed by atoms with Gasteiger partial charge in [-0.25, -0.2) is 0 Å². The van der Waals surface area contributed by atoms with E-state index in [0.717, 1.165) is 44.4 Å². The lowest BCUT2D eigenvalue weighted by Crippen LogP contribution is -2.54. The number of carbonyl (C=O) groups is 1. The lowest BCUT2D eigenvalue weighted by molar-refractivity contribution is -0.134. The molecule has 4 saturated carbocycles. The van der Waals surface area contributed by atoms with E-state index in [0.29, 0.717) is 42.1 Å². The Balaban J connectivity index is 1.57. The second-order valence-electron chi connectivity index (χ2n) is 9.70. The molecule has 4 heteroatoms. The number of fused-ring (bicyclic) bond motifs is 5. The summed E-state index contributed by atoms with van der Waals surface area (Å²) in [4.78, 5) is 17.9. The second kappa shape index (κ2) is 6.47. The number of hydrogen-bond acceptors (Lipinski definition) is 4. The fourth-order valence-electron chi connectivity index (χ4n) is 7.09. The van der Waals surface area contributed by atoms with Gasteiger partial charge in [-0.3, -0.25) is 4.79 Å². The van der Waals surface area contributed by atoms with Gasteiger partial charge in [0.1, 0.15) is 12.4 Å². The fraction of sp³-hybridized carbons (Fsp3) is 0.818. The van der Waals surface area contributed by atoms with Crippen molar-refractivity contribution in [3.8, 4) is 0 Å². The van der Waals surface area contributed by atoms with Gasteiger partial charge in [0.15, 0.2) is 0 Å². The number of carbonyl (C=O) groups excluding carboxylic acids is 1. The highest BCUT2D eigenvalue weighted by Gasteiger charge is 2.60. The van der Waals surface area contributed by atoms with Crippen LogP contribution in [0.1, 0.15) is 65.2 Å². The maximum absolute atomic E-state index is 12.6. The molecule has 0 radical (unpaired) electrons. The third-order valence-corrected chi connectivity index (χ3v) is 8.57. The Morgan fingerprint density at radius 1 is 1.19 bits per heavy atom. The first-order valence-corrected chi connectivity index (χ1v) is 10.5. The molecule has 0 aromatic carbocycles. The van der Waals surface area contributed by atoms with Gasteiger partial charge < -0.3 is 10.6 Å². The highest BCUT2D eigenvalue weighted by Crippen LogP contribution is 2.66. The fourth-order valence-corrected chi connectivity index (χ4v) is 7.09. The Kier molecular flexibility index (Phi) is 4.53. The van der Waals surface area contributed by atoms with E-state index in [9.17, 15) is 4.79 Å². The Bertz CT molecular complexity index is 642. The van der Waals surface area contributed by atoms with E-state index in [2.05, 4.69) is 25.6 Å². The number of hydrogen-bond donors (Lipinski definition) is 1. The zero-order valence-corrected chi connectivity index (χ0v) is 16.4. The van der Waals surface area contributed by atoms with Crippen molar-refractivity contribution in [3.05, 3.63) is 12.2 Å². The molecule has 0 amide bonds. The summed E-state index contributed by atoms with van der Waals surface area (Å²) < 4.78 is 0. The molecule has 0 aromatic heterocycles. The molecule has 26 heavy (non-hydrogen) atoms. The summed E-state index contributed by atoms with van der Waals surface area (Å²) >= 11 is 0. The molecule has 0 spiro atoms. The van der Waals surface area contributed by atoms with Crippen LogP contribution >= 0.6 is 0 Å². The van der Waals surface area contributed by atoms with Crippen molar-refractivity contribution in [1.82, 2.24) is 0 Å². The molecule has 0 aromatic rings. The molecule has 4 rings (SSSR count). The average Bonchev–Trinajstić information content (AvgIpc) is 2.92. The molecule has 0 bridgehead atoms. The molecule has 4 aliphatic carbocycles. The first-order valence-electron chi connectivity index (χ1n) is 10.5. The smallest absolute Gasteiger partial charge is 0.139 e. The molecule has 4 fully saturated rings. The Morgan fingerprint density at radius 2 is 2.00 bits per heavy atom. The maximum Gasteiger partial charge on any atom is 0.139 e. The number of nitrogens with zero attached hydrogens (tertiary/aromatic N) is 1. The number of rotatable bonds is 3. The standard InChI is InChI=1S/C22H34N2O2/c1-14-12-16-17-4-5-20(25)22(17,3)9-7-18(16)21(2)8-6-15(13-19(14)21)24-26-11-10-23/h16-19H,1,4-13,23H2,2-3H3/t16-,17-,18-,19?,21+,22-/m0/s1. The normalized spacial score (nSPS) is 46.7. The van der Waals surface area contributed by atoms with Crippen molar-refractivity contribution < 1.29 is 9.63 Å².